The molecule has 1 saturated heterocycles. The van der Waals surface area contributed by atoms with Crippen molar-refractivity contribution in [2.24, 2.45) is 0 Å². The Kier molecular flexibility index (Phi) is 5.38. The molecule has 9 heteroatoms. The second-order valence-electron chi connectivity index (χ2n) is 6.25. The number of rotatable bonds is 5. The quantitative estimate of drug-likeness (QED) is 0.792. The Bertz CT molecular complexity index is 868. The van der Waals surface area contributed by atoms with E-state index >= 15 is 0 Å². The van der Waals surface area contributed by atoms with Crippen molar-refractivity contribution in [2.45, 2.75) is 19.1 Å². The summed E-state index contributed by atoms with van der Waals surface area (Å²) in [4.78, 5) is 10.3. The van der Waals surface area contributed by atoms with Gasteiger partial charge in [0.05, 0.1) is 5.25 Å². The Labute approximate surface area is 152 Å². The van der Waals surface area contributed by atoms with Gasteiger partial charge >= 0.3 is 0 Å². The van der Waals surface area contributed by atoms with Crippen LogP contribution in [0.15, 0.2) is 36.7 Å². The number of nitrogens with zero attached hydrogens (tertiary/aromatic N) is 4. The van der Waals surface area contributed by atoms with Crippen molar-refractivity contribution in [1.82, 2.24) is 14.3 Å². The summed E-state index contributed by atoms with van der Waals surface area (Å²) in [6, 6.07) is 7.47. The fraction of sp³-hybridized carbons (Fsp3) is 0.412. The van der Waals surface area contributed by atoms with E-state index in [2.05, 4.69) is 9.97 Å². The van der Waals surface area contributed by atoms with Crippen LogP contribution in [0, 0.1) is 5.82 Å². The van der Waals surface area contributed by atoms with Crippen LogP contribution in [0.3, 0.4) is 0 Å². The largest absolute Gasteiger partial charge is 0.439 e. The topological polar surface area (TPSA) is 75.6 Å². The first-order chi connectivity index (χ1) is 12.4. The Morgan fingerprint density at radius 2 is 1.85 bits per heavy atom. The molecule has 2 heterocycles. The Hall–Kier alpha value is -2.26. The zero-order chi connectivity index (χ0) is 18.7. The van der Waals surface area contributed by atoms with E-state index in [4.69, 9.17) is 4.74 Å². The van der Waals surface area contributed by atoms with E-state index in [1.807, 2.05) is 4.90 Å². The lowest BCUT2D eigenvalue weighted by Crippen LogP contribution is -2.50. The van der Waals surface area contributed by atoms with E-state index in [1.165, 1.54) is 22.8 Å². The molecule has 26 heavy (non-hydrogen) atoms. The summed E-state index contributed by atoms with van der Waals surface area (Å²) < 4.78 is 44.8. The van der Waals surface area contributed by atoms with Crippen molar-refractivity contribution in [3.63, 3.8) is 0 Å². The summed E-state index contributed by atoms with van der Waals surface area (Å²) in [7, 11) is -3.24. The van der Waals surface area contributed by atoms with E-state index in [1.54, 1.807) is 32.0 Å². The second kappa shape index (κ2) is 7.55. The molecular formula is C17H21FN4O3S. The number of sulfonamides is 1. The summed E-state index contributed by atoms with van der Waals surface area (Å²) in [5.74, 6) is 0.910. The van der Waals surface area contributed by atoms with Gasteiger partial charge in [-0.05, 0) is 26.0 Å². The molecule has 1 fully saturated rings. The summed E-state index contributed by atoms with van der Waals surface area (Å²) in [5, 5.41) is -0.431. The summed E-state index contributed by atoms with van der Waals surface area (Å²) in [5.41, 5.74) is 0. The number of hydrogen-bond acceptors (Lipinski definition) is 6. The van der Waals surface area contributed by atoms with Crippen LogP contribution in [0.4, 0.5) is 10.2 Å². The van der Waals surface area contributed by atoms with Gasteiger partial charge in [-0.25, -0.2) is 22.8 Å². The van der Waals surface area contributed by atoms with E-state index in [-0.39, 0.29) is 5.82 Å². The lowest BCUT2D eigenvalue weighted by molar-refractivity contribution is 0.379. The molecule has 0 saturated carbocycles. The Balaban J connectivity index is 1.68. The molecule has 0 N–H and O–H groups in total. The van der Waals surface area contributed by atoms with Crippen LogP contribution >= 0.6 is 0 Å². The first kappa shape index (κ1) is 18.5. The molecule has 0 radical (unpaired) electrons. The van der Waals surface area contributed by atoms with Gasteiger partial charge in [-0.3, -0.25) is 0 Å². The SMILES string of the molecule is CC(C)S(=O)(=O)N1CCN(c2cc(Oc3cccc(F)c3)ncn2)CC1. The summed E-state index contributed by atoms with van der Waals surface area (Å²) >= 11 is 0. The van der Waals surface area contributed by atoms with Gasteiger partial charge in [0.2, 0.25) is 15.9 Å². The molecule has 140 valence electrons. The summed E-state index contributed by atoms with van der Waals surface area (Å²) in [6.45, 7) is 5.24. The molecule has 0 atom stereocenters. The van der Waals surface area contributed by atoms with Crippen LogP contribution in [-0.4, -0.2) is 54.1 Å². The summed E-state index contributed by atoms with van der Waals surface area (Å²) in [6.07, 6.45) is 1.38. The molecule has 1 aliphatic rings. The maximum Gasteiger partial charge on any atom is 0.224 e. The van der Waals surface area contributed by atoms with Crippen LogP contribution in [-0.2, 0) is 10.0 Å². The van der Waals surface area contributed by atoms with Gasteiger partial charge < -0.3 is 9.64 Å². The monoisotopic (exact) mass is 380 g/mol. The predicted octanol–water partition coefficient (Wildman–Crippen LogP) is 2.27. The number of halogens is 1. The van der Waals surface area contributed by atoms with Crippen LogP contribution in [0.5, 0.6) is 11.6 Å². The third kappa shape index (κ3) is 4.10. The van der Waals surface area contributed by atoms with Crippen molar-refractivity contribution >= 4 is 15.8 Å². The second-order valence-corrected chi connectivity index (χ2v) is 8.74. The van der Waals surface area contributed by atoms with Crippen molar-refractivity contribution in [2.75, 3.05) is 31.1 Å². The van der Waals surface area contributed by atoms with Crippen LogP contribution in [0.1, 0.15) is 13.8 Å². The molecule has 0 aliphatic carbocycles. The highest BCUT2D eigenvalue weighted by atomic mass is 32.2. The average Bonchev–Trinajstić information content (AvgIpc) is 2.62. The normalized spacial score (nSPS) is 16.1. The lowest BCUT2D eigenvalue weighted by atomic mass is 10.3. The molecular weight excluding hydrogens is 359 g/mol. The minimum absolute atomic E-state index is 0.304. The molecule has 3 rings (SSSR count). The van der Waals surface area contributed by atoms with E-state index in [9.17, 15) is 12.8 Å². The first-order valence-corrected chi connectivity index (χ1v) is 9.86. The van der Waals surface area contributed by atoms with Gasteiger partial charge in [-0.1, -0.05) is 6.07 Å². The van der Waals surface area contributed by atoms with Crippen molar-refractivity contribution in [1.29, 1.82) is 0 Å². The number of piperazine rings is 1. The minimum atomic E-state index is -3.24. The fourth-order valence-electron chi connectivity index (χ4n) is 2.68. The van der Waals surface area contributed by atoms with Gasteiger partial charge in [-0.2, -0.15) is 4.31 Å². The fourth-order valence-corrected chi connectivity index (χ4v) is 3.95. The van der Waals surface area contributed by atoms with Crippen LogP contribution in [0.25, 0.3) is 0 Å². The third-order valence-corrected chi connectivity index (χ3v) is 6.44. The van der Waals surface area contributed by atoms with Crippen LogP contribution < -0.4 is 9.64 Å². The van der Waals surface area contributed by atoms with Crippen molar-refractivity contribution in [3.05, 3.63) is 42.5 Å². The highest BCUT2D eigenvalue weighted by Gasteiger charge is 2.29. The van der Waals surface area contributed by atoms with Crippen molar-refractivity contribution in [3.8, 4) is 11.6 Å². The molecule has 0 unspecified atom stereocenters. The number of ether oxygens (including phenoxy) is 1. The van der Waals surface area contributed by atoms with Crippen LogP contribution in [0.2, 0.25) is 0 Å². The minimum Gasteiger partial charge on any atom is -0.439 e. The third-order valence-electron chi connectivity index (χ3n) is 4.16. The molecule has 2 aromatic rings. The maximum atomic E-state index is 13.3. The van der Waals surface area contributed by atoms with Gasteiger partial charge in [0.15, 0.2) is 0 Å². The standard InChI is InChI=1S/C17H21FN4O3S/c1-13(2)26(23,24)22-8-6-21(7-9-22)16-11-17(20-12-19-16)25-15-5-3-4-14(18)10-15/h3-5,10-13H,6-9H2,1-2H3. The first-order valence-electron chi connectivity index (χ1n) is 8.35. The molecule has 1 aromatic heterocycles. The Morgan fingerprint density at radius 1 is 1.12 bits per heavy atom. The zero-order valence-corrected chi connectivity index (χ0v) is 15.5. The molecule has 0 amide bonds. The molecule has 0 bridgehead atoms. The zero-order valence-electron chi connectivity index (χ0n) is 14.7. The maximum absolute atomic E-state index is 13.3. The number of hydrogen-bond donors (Lipinski definition) is 0. The van der Waals surface area contributed by atoms with E-state index in [0.717, 1.165) is 0 Å². The van der Waals surface area contributed by atoms with E-state index in [0.29, 0.717) is 43.6 Å². The Morgan fingerprint density at radius 3 is 2.50 bits per heavy atom. The van der Waals surface area contributed by atoms with Gasteiger partial charge in [0.1, 0.15) is 23.7 Å². The lowest BCUT2D eigenvalue weighted by Gasteiger charge is -2.35. The van der Waals surface area contributed by atoms with Gasteiger partial charge in [0, 0.05) is 38.3 Å². The molecule has 1 aliphatic heterocycles. The average molecular weight is 380 g/mol. The highest BCUT2D eigenvalue weighted by molar-refractivity contribution is 7.89. The molecule has 1 aromatic carbocycles. The number of aromatic nitrogens is 2. The van der Waals surface area contributed by atoms with Crippen molar-refractivity contribution < 1.29 is 17.5 Å². The number of anilines is 1. The number of benzene rings is 1. The van der Waals surface area contributed by atoms with Gasteiger partial charge in [-0.15, -0.1) is 0 Å². The molecule has 7 nitrogen and oxygen atoms in total. The highest BCUT2D eigenvalue weighted by Crippen LogP contribution is 2.24. The predicted molar refractivity (Wildman–Crippen MR) is 96.3 cm³/mol. The van der Waals surface area contributed by atoms with E-state index < -0.39 is 15.3 Å². The van der Waals surface area contributed by atoms with Gasteiger partial charge in [0.25, 0.3) is 0 Å². The molecule has 0 spiro atoms. The smallest absolute Gasteiger partial charge is 0.224 e.